The summed E-state index contributed by atoms with van der Waals surface area (Å²) in [4.78, 5) is 27.2. The molecule has 0 unspecified atom stereocenters. The van der Waals surface area contributed by atoms with Gasteiger partial charge in [-0.05, 0) is 48.5 Å². The highest BCUT2D eigenvalue weighted by Gasteiger charge is 2.13. The summed E-state index contributed by atoms with van der Waals surface area (Å²) in [5, 5.41) is 9.34. The van der Waals surface area contributed by atoms with Crippen LogP contribution in [-0.2, 0) is 4.79 Å². The van der Waals surface area contributed by atoms with Gasteiger partial charge in [0, 0.05) is 18.3 Å². The van der Waals surface area contributed by atoms with E-state index in [4.69, 9.17) is 0 Å². The van der Waals surface area contributed by atoms with E-state index in [1.165, 1.54) is 42.2 Å². The van der Waals surface area contributed by atoms with Gasteiger partial charge in [0.1, 0.15) is 12.1 Å². The fourth-order valence-corrected chi connectivity index (χ4v) is 2.30. The minimum atomic E-state index is -2.90. The van der Waals surface area contributed by atoms with Crippen LogP contribution < -0.4 is 15.4 Å². The zero-order valence-electron chi connectivity index (χ0n) is 14.6. The summed E-state index contributed by atoms with van der Waals surface area (Å²) in [5.74, 6) is -0.776. The Hall–Kier alpha value is -3.82. The van der Waals surface area contributed by atoms with Gasteiger partial charge < -0.3 is 15.4 Å². The van der Waals surface area contributed by atoms with E-state index in [2.05, 4.69) is 25.5 Å². The van der Waals surface area contributed by atoms with Crippen molar-refractivity contribution in [2.45, 2.75) is 13.5 Å². The molecule has 144 valence electrons. The molecule has 0 aliphatic rings. The van der Waals surface area contributed by atoms with E-state index < -0.39 is 12.5 Å². The predicted molar refractivity (Wildman–Crippen MR) is 96.7 cm³/mol. The van der Waals surface area contributed by atoms with Crippen molar-refractivity contribution in [3.05, 3.63) is 60.7 Å². The molecule has 0 bridgehead atoms. The number of hydrogen-bond acceptors (Lipinski definition) is 5. The van der Waals surface area contributed by atoms with Gasteiger partial charge in [0.15, 0.2) is 0 Å². The van der Waals surface area contributed by atoms with Crippen molar-refractivity contribution in [2.24, 2.45) is 0 Å². The van der Waals surface area contributed by atoms with Gasteiger partial charge in [-0.2, -0.15) is 8.78 Å². The van der Waals surface area contributed by atoms with Crippen molar-refractivity contribution in [3.8, 4) is 11.4 Å². The Bertz CT molecular complexity index is 972. The number of rotatable bonds is 6. The number of ether oxygens (including phenoxy) is 1. The Labute approximate surface area is 158 Å². The molecule has 3 rings (SSSR count). The summed E-state index contributed by atoms with van der Waals surface area (Å²) in [5.41, 5.74) is 1.63. The minimum Gasteiger partial charge on any atom is -0.435 e. The van der Waals surface area contributed by atoms with E-state index in [1.807, 2.05) is 0 Å². The van der Waals surface area contributed by atoms with Crippen molar-refractivity contribution in [2.75, 3.05) is 10.6 Å². The van der Waals surface area contributed by atoms with Crippen LogP contribution in [0.5, 0.6) is 5.75 Å². The van der Waals surface area contributed by atoms with Crippen molar-refractivity contribution >= 4 is 23.2 Å². The molecule has 2 N–H and O–H groups in total. The molecule has 0 aliphatic carbocycles. The smallest absolute Gasteiger partial charge is 0.387 e. The number of hydrogen-bond donors (Lipinski definition) is 2. The maximum absolute atomic E-state index is 12.3. The van der Waals surface area contributed by atoms with Crippen LogP contribution in [0.15, 0.2) is 54.9 Å². The highest BCUT2D eigenvalue weighted by molar-refractivity contribution is 6.01. The molecule has 0 saturated carbocycles. The normalized spacial score (nSPS) is 10.6. The number of carbonyl (C=O) groups excluding carboxylic acids is 2. The van der Waals surface area contributed by atoms with Crippen molar-refractivity contribution < 1.29 is 23.1 Å². The van der Waals surface area contributed by atoms with Gasteiger partial charge in [0.25, 0.3) is 5.91 Å². The highest BCUT2D eigenvalue weighted by atomic mass is 19.3. The first-order chi connectivity index (χ1) is 13.4. The summed E-state index contributed by atoms with van der Waals surface area (Å²) in [6.45, 7) is -1.50. The topological polar surface area (TPSA) is 98.1 Å². The maximum atomic E-state index is 12.3. The van der Waals surface area contributed by atoms with Gasteiger partial charge >= 0.3 is 6.61 Å². The lowest BCUT2D eigenvalue weighted by molar-refractivity contribution is -0.114. The number of benzene rings is 2. The van der Waals surface area contributed by atoms with Gasteiger partial charge in [-0.3, -0.25) is 9.59 Å². The second kappa shape index (κ2) is 8.25. The molecule has 2 amide bonds. The molecular weight excluding hydrogens is 372 g/mol. The molecule has 2 aromatic carbocycles. The predicted octanol–water partition coefficient (Wildman–Crippen LogP) is 3.08. The molecule has 1 heterocycles. The fourth-order valence-electron chi connectivity index (χ4n) is 2.30. The second-order valence-electron chi connectivity index (χ2n) is 5.60. The standard InChI is InChI=1S/C18H15F2N5O3/c1-11(26)22-12-2-4-13(5-3-12)23-17(27)16-21-10-25(24-16)14-6-8-15(9-7-14)28-18(19)20/h2-10,18H,1H3,(H,22,26)(H,23,27). The van der Waals surface area contributed by atoms with Crippen LogP contribution in [0, 0.1) is 0 Å². The van der Waals surface area contributed by atoms with Gasteiger partial charge in [-0.25, -0.2) is 9.67 Å². The van der Waals surface area contributed by atoms with Crippen molar-refractivity contribution in [1.82, 2.24) is 14.8 Å². The number of alkyl halides is 2. The zero-order valence-corrected chi connectivity index (χ0v) is 14.6. The summed E-state index contributed by atoms with van der Waals surface area (Å²) < 4.78 is 30.0. The molecule has 0 fully saturated rings. The third-order valence-corrected chi connectivity index (χ3v) is 3.48. The molecule has 0 aliphatic heterocycles. The first-order valence-electron chi connectivity index (χ1n) is 8.06. The molecule has 10 heteroatoms. The Balaban J connectivity index is 1.66. The summed E-state index contributed by atoms with van der Waals surface area (Å²) in [6, 6.07) is 12.3. The SMILES string of the molecule is CC(=O)Nc1ccc(NC(=O)c2ncn(-c3ccc(OC(F)F)cc3)n2)cc1. The largest absolute Gasteiger partial charge is 0.435 e. The van der Waals surface area contributed by atoms with E-state index in [9.17, 15) is 18.4 Å². The molecule has 8 nitrogen and oxygen atoms in total. The van der Waals surface area contributed by atoms with Gasteiger partial charge in [-0.15, -0.1) is 5.10 Å². The van der Waals surface area contributed by atoms with E-state index in [1.54, 1.807) is 24.3 Å². The molecule has 1 aromatic heterocycles. The number of anilines is 2. The van der Waals surface area contributed by atoms with Crippen LogP contribution >= 0.6 is 0 Å². The lowest BCUT2D eigenvalue weighted by Gasteiger charge is -2.06. The van der Waals surface area contributed by atoms with E-state index >= 15 is 0 Å². The van der Waals surface area contributed by atoms with E-state index in [0.717, 1.165) is 0 Å². The van der Waals surface area contributed by atoms with Crippen LogP contribution in [-0.4, -0.2) is 33.2 Å². The monoisotopic (exact) mass is 387 g/mol. The Morgan fingerprint density at radius 1 is 1.00 bits per heavy atom. The van der Waals surface area contributed by atoms with Crippen LogP contribution in [0.4, 0.5) is 20.2 Å². The first-order valence-corrected chi connectivity index (χ1v) is 8.06. The molecule has 0 saturated heterocycles. The van der Waals surface area contributed by atoms with Gasteiger partial charge in [0.05, 0.1) is 5.69 Å². The lowest BCUT2D eigenvalue weighted by atomic mass is 10.2. The zero-order chi connectivity index (χ0) is 20.1. The number of aromatic nitrogens is 3. The highest BCUT2D eigenvalue weighted by Crippen LogP contribution is 2.17. The van der Waals surface area contributed by atoms with Crippen molar-refractivity contribution in [1.29, 1.82) is 0 Å². The molecule has 3 aromatic rings. The quantitative estimate of drug-likeness (QED) is 0.677. The second-order valence-corrected chi connectivity index (χ2v) is 5.60. The first kappa shape index (κ1) is 19.0. The number of nitrogens with one attached hydrogen (secondary N) is 2. The Morgan fingerprint density at radius 2 is 1.61 bits per heavy atom. The van der Waals surface area contributed by atoms with Gasteiger partial charge in [0.2, 0.25) is 11.7 Å². The van der Waals surface area contributed by atoms with Crippen LogP contribution in [0.1, 0.15) is 17.5 Å². The van der Waals surface area contributed by atoms with Gasteiger partial charge in [-0.1, -0.05) is 0 Å². The van der Waals surface area contributed by atoms with Crippen LogP contribution in [0.25, 0.3) is 5.69 Å². The Morgan fingerprint density at radius 3 is 2.18 bits per heavy atom. The lowest BCUT2D eigenvalue weighted by Crippen LogP contribution is -2.14. The van der Waals surface area contributed by atoms with E-state index in [-0.39, 0.29) is 17.5 Å². The molecular formula is C18H15F2N5O3. The average molecular weight is 387 g/mol. The number of amides is 2. The van der Waals surface area contributed by atoms with Crippen molar-refractivity contribution in [3.63, 3.8) is 0 Å². The molecule has 0 radical (unpaired) electrons. The summed E-state index contributed by atoms with van der Waals surface area (Å²) >= 11 is 0. The fraction of sp³-hybridized carbons (Fsp3) is 0.111. The molecule has 0 atom stereocenters. The third-order valence-electron chi connectivity index (χ3n) is 3.48. The number of carbonyl (C=O) groups is 2. The number of nitrogens with zero attached hydrogens (tertiary/aromatic N) is 3. The van der Waals surface area contributed by atoms with Crippen LogP contribution in [0.3, 0.4) is 0 Å². The average Bonchev–Trinajstić information content (AvgIpc) is 3.13. The molecule has 28 heavy (non-hydrogen) atoms. The third kappa shape index (κ3) is 4.87. The van der Waals surface area contributed by atoms with E-state index in [0.29, 0.717) is 17.1 Å². The minimum absolute atomic E-state index is 0.0135. The number of halogens is 2. The molecule has 0 spiro atoms. The summed E-state index contributed by atoms with van der Waals surface area (Å²) in [7, 11) is 0. The van der Waals surface area contributed by atoms with Crippen LogP contribution in [0.2, 0.25) is 0 Å². The maximum Gasteiger partial charge on any atom is 0.387 e. The summed E-state index contributed by atoms with van der Waals surface area (Å²) in [6.07, 6.45) is 1.33. The Kier molecular flexibility index (Phi) is 5.58.